The van der Waals surface area contributed by atoms with Gasteiger partial charge in [-0.2, -0.15) is 9.97 Å². The summed E-state index contributed by atoms with van der Waals surface area (Å²) < 4.78 is 17.5. The summed E-state index contributed by atoms with van der Waals surface area (Å²) in [5.41, 5.74) is 10.3. The lowest BCUT2D eigenvalue weighted by Crippen LogP contribution is -2.06. The predicted octanol–water partition coefficient (Wildman–Crippen LogP) is 13.2. The first-order valence-electron chi connectivity index (χ1n) is 19.4. The van der Waals surface area contributed by atoms with Crippen molar-refractivity contribution in [1.82, 2.24) is 24.1 Å². The highest BCUT2D eigenvalue weighted by molar-refractivity contribution is 6.15. The molecule has 0 amide bonds. The zero-order chi connectivity index (χ0) is 37.9. The highest BCUT2D eigenvalue weighted by Gasteiger charge is 2.22. The molecule has 0 atom stereocenters. The average molecular weight is 744 g/mol. The second-order valence-corrected chi connectivity index (χ2v) is 14.8. The minimum Gasteiger partial charge on any atom is -0.456 e. The van der Waals surface area contributed by atoms with Crippen molar-refractivity contribution < 1.29 is 8.83 Å². The Hall–Kier alpha value is -8.03. The van der Waals surface area contributed by atoms with Crippen molar-refractivity contribution >= 4 is 87.5 Å². The van der Waals surface area contributed by atoms with Crippen LogP contribution in [0.25, 0.3) is 122 Å². The monoisotopic (exact) mass is 743 g/mol. The molecule has 0 bridgehead atoms. The van der Waals surface area contributed by atoms with Gasteiger partial charge in [0.05, 0.1) is 33.1 Å². The van der Waals surface area contributed by atoms with Gasteiger partial charge < -0.3 is 13.4 Å². The van der Waals surface area contributed by atoms with E-state index in [0.717, 1.165) is 93.5 Å². The average Bonchev–Trinajstić information content (AvgIpc) is 4.03. The number of hydrogen-bond donors (Lipinski definition) is 0. The van der Waals surface area contributed by atoms with Gasteiger partial charge in [-0.1, -0.05) is 115 Å². The van der Waals surface area contributed by atoms with Crippen LogP contribution >= 0.6 is 0 Å². The molecule has 7 nitrogen and oxygen atoms in total. The van der Waals surface area contributed by atoms with Gasteiger partial charge in [0.15, 0.2) is 11.6 Å². The first kappa shape index (κ1) is 31.2. The summed E-state index contributed by atoms with van der Waals surface area (Å²) in [5, 5.41) is 8.74. The molecule has 0 N–H and O–H groups in total. The summed E-state index contributed by atoms with van der Waals surface area (Å²) >= 11 is 0. The summed E-state index contributed by atoms with van der Waals surface area (Å²) in [6.07, 6.45) is 0. The van der Waals surface area contributed by atoms with Gasteiger partial charge in [-0.25, -0.2) is 4.98 Å². The fourth-order valence-corrected chi connectivity index (χ4v) is 9.13. The quantitative estimate of drug-likeness (QED) is 0.179. The maximum atomic E-state index is 6.70. The first-order valence-corrected chi connectivity index (χ1v) is 19.4. The standard InChI is InChI=1S/C51H29N5O2/c1-6-19-38-31(13-1)32-14-2-7-20-39(32)55(38)42-23-12-26-45-48(42)36-28-27-30(29-46(36)58-45)49-52-50(37-18-11-25-44-47(37)35-17-5-10-24-43(35)57-44)54-51(53-49)56-40-21-8-3-15-33(40)34-16-4-9-22-41(34)56/h1-29H. The normalized spacial score (nSPS) is 12.1. The molecule has 5 heterocycles. The lowest BCUT2D eigenvalue weighted by molar-refractivity contribution is 0.668. The van der Waals surface area contributed by atoms with Crippen LogP contribution in [-0.4, -0.2) is 24.1 Å². The minimum atomic E-state index is 0.528. The molecule has 13 rings (SSSR count). The van der Waals surface area contributed by atoms with Crippen molar-refractivity contribution in [2.24, 2.45) is 0 Å². The van der Waals surface area contributed by atoms with E-state index in [-0.39, 0.29) is 0 Å². The highest BCUT2D eigenvalue weighted by atomic mass is 16.3. The van der Waals surface area contributed by atoms with Crippen LogP contribution < -0.4 is 0 Å². The molecule has 0 aliphatic heterocycles. The maximum absolute atomic E-state index is 6.70. The minimum absolute atomic E-state index is 0.528. The summed E-state index contributed by atoms with van der Waals surface area (Å²) in [7, 11) is 0. The zero-order valence-corrected chi connectivity index (χ0v) is 30.8. The lowest BCUT2D eigenvalue weighted by Gasteiger charge is -2.11. The van der Waals surface area contributed by atoms with E-state index in [9.17, 15) is 0 Å². The van der Waals surface area contributed by atoms with E-state index < -0.39 is 0 Å². The Morgan fingerprint density at radius 2 is 0.845 bits per heavy atom. The van der Waals surface area contributed by atoms with Crippen molar-refractivity contribution in [1.29, 1.82) is 0 Å². The smallest absolute Gasteiger partial charge is 0.238 e. The van der Waals surface area contributed by atoms with E-state index in [0.29, 0.717) is 17.6 Å². The number of fused-ring (bicyclic) bond motifs is 12. The number of aromatic nitrogens is 5. The Morgan fingerprint density at radius 3 is 1.52 bits per heavy atom. The van der Waals surface area contributed by atoms with Crippen LogP contribution in [0, 0.1) is 0 Å². The predicted molar refractivity (Wildman–Crippen MR) is 234 cm³/mol. The Balaban J connectivity index is 1.07. The molecular weight excluding hydrogens is 715 g/mol. The van der Waals surface area contributed by atoms with Crippen LogP contribution in [0.4, 0.5) is 0 Å². The third-order valence-corrected chi connectivity index (χ3v) is 11.6. The molecular formula is C51H29N5O2. The molecule has 0 saturated carbocycles. The zero-order valence-electron chi connectivity index (χ0n) is 30.8. The van der Waals surface area contributed by atoms with Gasteiger partial charge >= 0.3 is 0 Å². The molecule has 13 aromatic rings. The molecule has 0 fully saturated rings. The lowest BCUT2D eigenvalue weighted by atomic mass is 10.1. The van der Waals surface area contributed by atoms with Gasteiger partial charge in [0.25, 0.3) is 0 Å². The fraction of sp³-hybridized carbons (Fsp3) is 0. The van der Waals surface area contributed by atoms with Crippen LogP contribution in [0.3, 0.4) is 0 Å². The van der Waals surface area contributed by atoms with Crippen LogP contribution in [0.5, 0.6) is 0 Å². The van der Waals surface area contributed by atoms with Crippen LogP contribution in [0.1, 0.15) is 0 Å². The molecule has 0 unspecified atom stereocenters. The van der Waals surface area contributed by atoms with Crippen LogP contribution in [-0.2, 0) is 0 Å². The number of hydrogen-bond acceptors (Lipinski definition) is 5. The molecule has 7 heteroatoms. The van der Waals surface area contributed by atoms with E-state index in [2.05, 4.69) is 149 Å². The number of para-hydroxylation sites is 5. The Bertz CT molecular complexity index is 3720. The van der Waals surface area contributed by atoms with Gasteiger partial charge in [-0.3, -0.25) is 4.57 Å². The molecule has 0 aliphatic rings. The first-order chi connectivity index (χ1) is 28.8. The number of furan rings is 2. The van der Waals surface area contributed by atoms with E-state index >= 15 is 0 Å². The van der Waals surface area contributed by atoms with Gasteiger partial charge in [0.1, 0.15) is 22.3 Å². The van der Waals surface area contributed by atoms with E-state index in [1.165, 1.54) is 10.8 Å². The van der Waals surface area contributed by atoms with Crippen molar-refractivity contribution in [2.45, 2.75) is 0 Å². The van der Waals surface area contributed by atoms with Gasteiger partial charge in [-0.15, -0.1) is 0 Å². The second kappa shape index (κ2) is 11.7. The molecule has 0 aliphatic carbocycles. The Morgan fingerprint density at radius 1 is 0.345 bits per heavy atom. The molecule has 8 aromatic carbocycles. The largest absolute Gasteiger partial charge is 0.456 e. The molecule has 5 aromatic heterocycles. The summed E-state index contributed by atoms with van der Waals surface area (Å²) in [5.74, 6) is 1.62. The maximum Gasteiger partial charge on any atom is 0.238 e. The third kappa shape index (κ3) is 4.35. The van der Waals surface area contributed by atoms with Gasteiger partial charge in [0, 0.05) is 48.8 Å². The second-order valence-electron chi connectivity index (χ2n) is 14.8. The van der Waals surface area contributed by atoms with Gasteiger partial charge in [-0.05, 0) is 60.7 Å². The number of nitrogens with zero attached hydrogens (tertiary/aromatic N) is 5. The molecule has 0 radical (unpaired) electrons. The van der Waals surface area contributed by atoms with Crippen molar-refractivity contribution in [3.8, 4) is 34.4 Å². The summed E-state index contributed by atoms with van der Waals surface area (Å²) in [6.45, 7) is 0. The molecule has 270 valence electrons. The molecule has 0 saturated heterocycles. The Labute approximate surface area is 329 Å². The molecule has 0 spiro atoms. The highest BCUT2D eigenvalue weighted by Crippen LogP contribution is 2.41. The van der Waals surface area contributed by atoms with Crippen LogP contribution in [0.15, 0.2) is 185 Å². The summed E-state index contributed by atoms with van der Waals surface area (Å²) in [6, 6.07) is 60.8. The van der Waals surface area contributed by atoms with Crippen molar-refractivity contribution in [2.75, 3.05) is 0 Å². The van der Waals surface area contributed by atoms with E-state index in [1.54, 1.807) is 0 Å². The Kier molecular flexibility index (Phi) is 6.32. The number of benzene rings is 8. The van der Waals surface area contributed by atoms with Crippen molar-refractivity contribution in [3.63, 3.8) is 0 Å². The van der Waals surface area contributed by atoms with Crippen LogP contribution in [0.2, 0.25) is 0 Å². The molecule has 58 heavy (non-hydrogen) atoms. The van der Waals surface area contributed by atoms with E-state index in [1.807, 2.05) is 36.4 Å². The van der Waals surface area contributed by atoms with E-state index in [4.69, 9.17) is 23.8 Å². The topological polar surface area (TPSA) is 74.8 Å². The summed E-state index contributed by atoms with van der Waals surface area (Å²) in [4.78, 5) is 15.8. The number of rotatable bonds is 4. The van der Waals surface area contributed by atoms with Crippen molar-refractivity contribution in [3.05, 3.63) is 176 Å². The van der Waals surface area contributed by atoms with Gasteiger partial charge in [0.2, 0.25) is 5.95 Å². The third-order valence-electron chi connectivity index (χ3n) is 11.6. The SMILES string of the molecule is c1ccc2c(c1)oc1cccc(-c3nc(-c4ccc5c(c4)oc4cccc(-n6c7ccccc7c7ccccc76)c45)nc(-n4c5ccccc5c5ccccc54)n3)c12. The fourth-order valence-electron chi connectivity index (χ4n) is 9.13.